The Balaban J connectivity index is 1.87. The predicted octanol–water partition coefficient (Wildman–Crippen LogP) is 3.52. The highest BCUT2D eigenvalue weighted by Crippen LogP contribution is 2.17. The van der Waals surface area contributed by atoms with Crippen molar-refractivity contribution in [3.8, 4) is 5.75 Å². The lowest BCUT2D eigenvalue weighted by molar-refractivity contribution is -0.384. The number of urea groups is 1. The maximum Gasteiger partial charge on any atom is 0.387 e. The molecule has 9 heteroatoms. The largest absolute Gasteiger partial charge is 0.435 e. The molecule has 0 saturated heterocycles. The lowest BCUT2D eigenvalue weighted by atomic mass is 10.2. The summed E-state index contributed by atoms with van der Waals surface area (Å²) < 4.78 is 28.3. The fraction of sp³-hybridized carbons (Fsp3) is 0.133. The van der Waals surface area contributed by atoms with E-state index < -0.39 is 17.6 Å². The van der Waals surface area contributed by atoms with Crippen molar-refractivity contribution in [1.29, 1.82) is 0 Å². The number of carbonyl (C=O) groups is 1. The molecule has 0 atom stereocenters. The first kappa shape index (κ1) is 17.1. The number of amides is 2. The van der Waals surface area contributed by atoms with Gasteiger partial charge in [0.05, 0.1) is 4.92 Å². The molecule has 2 N–H and O–H groups in total. The maximum absolute atomic E-state index is 12.0. The molecule has 2 aromatic carbocycles. The summed E-state index contributed by atoms with van der Waals surface area (Å²) in [5.74, 6) is 0.0230. The predicted molar refractivity (Wildman–Crippen MR) is 82.0 cm³/mol. The van der Waals surface area contributed by atoms with Crippen molar-refractivity contribution in [1.82, 2.24) is 5.32 Å². The second kappa shape index (κ2) is 7.86. The van der Waals surface area contributed by atoms with Gasteiger partial charge < -0.3 is 15.4 Å². The summed E-state index contributed by atoms with van der Waals surface area (Å²) in [6.45, 7) is -2.75. The highest BCUT2D eigenvalue weighted by Gasteiger charge is 2.08. The zero-order valence-corrected chi connectivity index (χ0v) is 12.2. The first-order valence-corrected chi connectivity index (χ1v) is 6.77. The van der Waals surface area contributed by atoms with Crippen LogP contribution in [0.15, 0.2) is 48.5 Å². The summed E-state index contributed by atoms with van der Waals surface area (Å²) in [6.07, 6.45) is 0. The van der Waals surface area contributed by atoms with Crippen LogP contribution < -0.4 is 15.4 Å². The molecule has 0 fully saturated rings. The Morgan fingerprint density at radius 1 is 1.21 bits per heavy atom. The number of anilines is 1. The van der Waals surface area contributed by atoms with E-state index in [4.69, 9.17) is 0 Å². The molecular weight excluding hydrogens is 324 g/mol. The number of benzene rings is 2. The minimum atomic E-state index is -2.89. The third-order valence-corrected chi connectivity index (χ3v) is 2.92. The van der Waals surface area contributed by atoms with Crippen molar-refractivity contribution in [2.24, 2.45) is 0 Å². The van der Waals surface area contributed by atoms with Crippen molar-refractivity contribution >= 4 is 17.4 Å². The van der Waals surface area contributed by atoms with Gasteiger partial charge in [-0.2, -0.15) is 8.78 Å². The lowest BCUT2D eigenvalue weighted by Crippen LogP contribution is -2.28. The Hall–Kier alpha value is -3.23. The highest BCUT2D eigenvalue weighted by molar-refractivity contribution is 5.89. The van der Waals surface area contributed by atoms with E-state index in [-0.39, 0.29) is 23.7 Å². The third-order valence-electron chi connectivity index (χ3n) is 2.92. The molecule has 0 aromatic heterocycles. The monoisotopic (exact) mass is 337 g/mol. The van der Waals surface area contributed by atoms with Crippen LogP contribution in [0.4, 0.5) is 25.0 Å². The first-order valence-electron chi connectivity index (χ1n) is 6.77. The van der Waals surface area contributed by atoms with Gasteiger partial charge >= 0.3 is 12.6 Å². The number of nitro benzene ring substituents is 1. The third kappa shape index (κ3) is 5.20. The second-order valence-corrected chi connectivity index (χ2v) is 4.64. The van der Waals surface area contributed by atoms with Crippen molar-refractivity contribution in [2.75, 3.05) is 5.32 Å². The normalized spacial score (nSPS) is 10.3. The molecule has 0 spiro atoms. The molecule has 24 heavy (non-hydrogen) atoms. The number of alkyl halides is 2. The molecule has 0 heterocycles. The number of halogens is 2. The number of nitrogens with one attached hydrogen (secondary N) is 2. The molecule has 0 aliphatic heterocycles. The summed E-state index contributed by atoms with van der Waals surface area (Å²) in [6, 6.07) is 10.8. The molecule has 126 valence electrons. The summed E-state index contributed by atoms with van der Waals surface area (Å²) in [7, 11) is 0. The van der Waals surface area contributed by atoms with Gasteiger partial charge in [-0.1, -0.05) is 18.2 Å². The molecule has 0 bridgehead atoms. The molecule has 2 aromatic rings. The van der Waals surface area contributed by atoms with Gasteiger partial charge in [0, 0.05) is 24.4 Å². The number of rotatable bonds is 6. The fourth-order valence-electron chi connectivity index (χ4n) is 1.84. The second-order valence-electron chi connectivity index (χ2n) is 4.64. The van der Waals surface area contributed by atoms with E-state index in [2.05, 4.69) is 15.4 Å². The van der Waals surface area contributed by atoms with E-state index in [9.17, 15) is 23.7 Å². The van der Waals surface area contributed by atoms with E-state index >= 15 is 0 Å². The Kier molecular flexibility index (Phi) is 5.61. The Morgan fingerprint density at radius 2 is 1.92 bits per heavy atom. The lowest BCUT2D eigenvalue weighted by Gasteiger charge is -2.09. The number of hydrogen-bond donors (Lipinski definition) is 2. The summed E-state index contributed by atoms with van der Waals surface area (Å²) in [4.78, 5) is 21.9. The molecule has 0 unspecified atom stereocenters. The molecular formula is C15H13F2N3O4. The van der Waals surface area contributed by atoms with Crippen LogP contribution in [0.1, 0.15) is 5.56 Å². The van der Waals surface area contributed by atoms with Crippen molar-refractivity contribution in [2.45, 2.75) is 13.2 Å². The quantitative estimate of drug-likeness (QED) is 0.623. The number of ether oxygens (including phenoxy) is 1. The van der Waals surface area contributed by atoms with Gasteiger partial charge in [-0.05, 0) is 23.8 Å². The van der Waals surface area contributed by atoms with Crippen LogP contribution >= 0.6 is 0 Å². The van der Waals surface area contributed by atoms with E-state index in [1.807, 2.05) is 0 Å². The van der Waals surface area contributed by atoms with Crippen LogP contribution in [-0.2, 0) is 6.54 Å². The molecule has 0 saturated carbocycles. The fourth-order valence-corrected chi connectivity index (χ4v) is 1.84. The van der Waals surface area contributed by atoms with Crippen molar-refractivity contribution in [3.05, 3.63) is 64.2 Å². The standard InChI is InChI=1S/C15H13F2N3O4/c16-14(17)24-13-6-4-10(5-7-13)9-18-15(21)19-11-2-1-3-12(8-11)20(22)23/h1-8,14H,9H2,(H2,18,19,21). The van der Waals surface area contributed by atoms with Gasteiger partial charge in [-0.25, -0.2) is 4.79 Å². The van der Waals surface area contributed by atoms with Crippen LogP contribution in [0, 0.1) is 10.1 Å². The summed E-state index contributed by atoms with van der Waals surface area (Å²) in [5, 5.41) is 15.7. The Morgan fingerprint density at radius 3 is 2.54 bits per heavy atom. The molecule has 2 amide bonds. The number of non-ortho nitro benzene ring substituents is 1. The molecule has 0 aliphatic carbocycles. The van der Waals surface area contributed by atoms with Crippen LogP contribution in [0.2, 0.25) is 0 Å². The minimum absolute atomic E-state index is 0.0230. The van der Waals surface area contributed by atoms with Crippen molar-refractivity contribution < 1.29 is 23.2 Å². The van der Waals surface area contributed by atoms with E-state index in [0.29, 0.717) is 5.56 Å². The summed E-state index contributed by atoms with van der Waals surface area (Å²) in [5.41, 5.74) is 0.815. The SMILES string of the molecule is O=C(NCc1ccc(OC(F)F)cc1)Nc1cccc([N+](=O)[O-])c1. The van der Waals surface area contributed by atoms with Crippen LogP contribution in [0.5, 0.6) is 5.75 Å². The molecule has 7 nitrogen and oxygen atoms in total. The smallest absolute Gasteiger partial charge is 0.387 e. The van der Waals surface area contributed by atoms with Gasteiger partial charge in [0.15, 0.2) is 0 Å². The van der Waals surface area contributed by atoms with Gasteiger partial charge in [-0.15, -0.1) is 0 Å². The number of hydrogen-bond acceptors (Lipinski definition) is 4. The summed E-state index contributed by atoms with van der Waals surface area (Å²) >= 11 is 0. The maximum atomic E-state index is 12.0. The van der Waals surface area contributed by atoms with Crippen molar-refractivity contribution in [3.63, 3.8) is 0 Å². The van der Waals surface area contributed by atoms with E-state index in [1.54, 1.807) is 0 Å². The first-order chi connectivity index (χ1) is 11.4. The molecule has 0 aliphatic rings. The Bertz CT molecular complexity index is 723. The van der Waals surface area contributed by atoms with E-state index in [0.717, 1.165) is 0 Å². The van der Waals surface area contributed by atoms with E-state index in [1.165, 1.54) is 48.5 Å². The average molecular weight is 337 g/mol. The number of nitrogens with zero attached hydrogens (tertiary/aromatic N) is 1. The van der Waals surface area contributed by atoms with Gasteiger partial charge in [0.2, 0.25) is 0 Å². The number of nitro groups is 1. The van der Waals surface area contributed by atoms with Crippen LogP contribution in [0.25, 0.3) is 0 Å². The van der Waals surface area contributed by atoms with Gasteiger partial charge in [0.25, 0.3) is 5.69 Å². The highest BCUT2D eigenvalue weighted by atomic mass is 19.3. The molecule has 0 radical (unpaired) electrons. The number of carbonyl (C=O) groups excluding carboxylic acids is 1. The van der Waals surface area contributed by atoms with Crippen LogP contribution in [-0.4, -0.2) is 17.6 Å². The topological polar surface area (TPSA) is 93.5 Å². The average Bonchev–Trinajstić information content (AvgIpc) is 2.54. The van der Waals surface area contributed by atoms with Gasteiger partial charge in [-0.3, -0.25) is 10.1 Å². The van der Waals surface area contributed by atoms with Crippen LogP contribution in [0.3, 0.4) is 0 Å². The Labute approximate surface area is 135 Å². The zero-order valence-electron chi connectivity index (χ0n) is 12.2. The minimum Gasteiger partial charge on any atom is -0.435 e. The van der Waals surface area contributed by atoms with Gasteiger partial charge in [0.1, 0.15) is 5.75 Å². The zero-order chi connectivity index (χ0) is 17.5. The molecule has 2 rings (SSSR count).